The van der Waals surface area contributed by atoms with Crippen LogP contribution in [-0.2, 0) is 0 Å². The maximum Gasteiger partial charge on any atom is 0.269 e. The molecular weight excluding hydrogens is 304 g/mol. The molecule has 0 saturated heterocycles. The maximum atomic E-state index is 12.3. The fourth-order valence-corrected chi connectivity index (χ4v) is 2.00. The number of carbonyl (C=O) groups is 2. The number of nitriles is 1. The normalized spacial score (nSPS) is 9.83. The molecule has 0 aliphatic carbocycles. The van der Waals surface area contributed by atoms with Gasteiger partial charge in [-0.1, -0.05) is 13.3 Å². The summed E-state index contributed by atoms with van der Waals surface area (Å²) in [6.07, 6.45) is 3.31. The second-order valence-corrected chi connectivity index (χ2v) is 5.18. The minimum absolute atomic E-state index is 0.207. The summed E-state index contributed by atoms with van der Waals surface area (Å²) < 4.78 is 0. The monoisotopic (exact) mass is 322 g/mol. The molecule has 6 nitrogen and oxygen atoms in total. The number of hydrogen-bond acceptors (Lipinski definition) is 4. The molecule has 0 spiro atoms. The van der Waals surface area contributed by atoms with Gasteiger partial charge >= 0.3 is 0 Å². The van der Waals surface area contributed by atoms with Gasteiger partial charge in [0, 0.05) is 24.0 Å². The Bertz CT molecular complexity index is 763. The first-order chi connectivity index (χ1) is 11.6. The van der Waals surface area contributed by atoms with Crippen molar-refractivity contribution in [1.29, 1.82) is 5.26 Å². The Labute approximate surface area is 140 Å². The minimum Gasteiger partial charge on any atom is -0.351 e. The molecule has 1 heterocycles. The van der Waals surface area contributed by atoms with Crippen LogP contribution in [0.2, 0.25) is 0 Å². The van der Waals surface area contributed by atoms with Gasteiger partial charge in [0.25, 0.3) is 11.8 Å². The van der Waals surface area contributed by atoms with Crippen LogP contribution >= 0.6 is 0 Å². The molecule has 0 aliphatic rings. The van der Waals surface area contributed by atoms with Crippen molar-refractivity contribution in [3.8, 4) is 6.07 Å². The number of hydrogen-bond donors (Lipinski definition) is 2. The zero-order valence-electron chi connectivity index (χ0n) is 13.4. The van der Waals surface area contributed by atoms with Crippen LogP contribution in [0.25, 0.3) is 0 Å². The van der Waals surface area contributed by atoms with Gasteiger partial charge < -0.3 is 10.6 Å². The van der Waals surface area contributed by atoms with E-state index in [0.717, 1.165) is 12.8 Å². The number of unbranched alkanes of at least 4 members (excludes halogenated alkanes) is 1. The van der Waals surface area contributed by atoms with Gasteiger partial charge in [-0.25, -0.2) is 0 Å². The number of benzene rings is 1. The summed E-state index contributed by atoms with van der Waals surface area (Å²) in [5.41, 5.74) is 1.64. The van der Waals surface area contributed by atoms with E-state index in [1.54, 1.807) is 30.3 Å². The lowest BCUT2D eigenvalue weighted by Gasteiger charge is -2.07. The van der Waals surface area contributed by atoms with Gasteiger partial charge in [0.2, 0.25) is 0 Å². The Hall–Kier alpha value is -3.20. The zero-order valence-corrected chi connectivity index (χ0v) is 13.4. The molecule has 2 N–H and O–H groups in total. The molecule has 2 rings (SSSR count). The maximum absolute atomic E-state index is 12.3. The van der Waals surface area contributed by atoms with E-state index in [0.29, 0.717) is 23.4 Å². The van der Waals surface area contributed by atoms with Gasteiger partial charge in [-0.3, -0.25) is 14.6 Å². The molecule has 0 radical (unpaired) electrons. The Balaban J connectivity index is 2.05. The fourth-order valence-electron chi connectivity index (χ4n) is 2.00. The number of pyridine rings is 1. The predicted octanol–water partition coefficient (Wildman–Crippen LogP) is 2.74. The average Bonchev–Trinajstić information content (AvgIpc) is 2.62. The van der Waals surface area contributed by atoms with E-state index in [-0.39, 0.29) is 17.5 Å². The molecule has 1 aromatic heterocycles. The summed E-state index contributed by atoms with van der Waals surface area (Å²) in [5.74, 6) is -0.638. The van der Waals surface area contributed by atoms with Crippen LogP contribution in [0.4, 0.5) is 5.69 Å². The molecule has 2 aromatic rings. The van der Waals surface area contributed by atoms with E-state index < -0.39 is 0 Å². The Morgan fingerprint density at radius 2 is 1.92 bits per heavy atom. The Morgan fingerprint density at radius 1 is 1.17 bits per heavy atom. The standard InChI is InChI=1S/C18H18N4O2/c1-2-3-9-21-18(24)16-11-14(8-10-20-16)17(23)22-15-6-4-13(12-19)5-7-15/h4-8,10-11H,2-3,9H2,1H3,(H,21,24)(H,22,23). The number of rotatable bonds is 6. The lowest BCUT2D eigenvalue weighted by Crippen LogP contribution is -2.25. The molecule has 0 unspecified atom stereocenters. The van der Waals surface area contributed by atoms with Crippen molar-refractivity contribution in [2.45, 2.75) is 19.8 Å². The quantitative estimate of drug-likeness (QED) is 0.799. The van der Waals surface area contributed by atoms with E-state index in [9.17, 15) is 9.59 Å². The molecule has 0 fully saturated rings. The highest BCUT2D eigenvalue weighted by Gasteiger charge is 2.11. The summed E-state index contributed by atoms with van der Waals surface area (Å²) in [6, 6.07) is 11.6. The van der Waals surface area contributed by atoms with E-state index in [1.807, 2.05) is 13.0 Å². The van der Waals surface area contributed by atoms with Crippen LogP contribution in [0.15, 0.2) is 42.6 Å². The molecule has 122 valence electrons. The van der Waals surface area contributed by atoms with E-state index in [1.165, 1.54) is 12.3 Å². The summed E-state index contributed by atoms with van der Waals surface area (Å²) in [4.78, 5) is 28.3. The van der Waals surface area contributed by atoms with E-state index in [4.69, 9.17) is 5.26 Å². The summed E-state index contributed by atoms with van der Waals surface area (Å²) in [5, 5.41) is 14.3. The molecular formula is C18H18N4O2. The second kappa shape index (κ2) is 8.44. The number of aromatic nitrogens is 1. The second-order valence-electron chi connectivity index (χ2n) is 5.18. The smallest absolute Gasteiger partial charge is 0.269 e. The van der Waals surface area contributed by atoms with Crippen LogP contribution in [0.1, 0.15) is 46.2 Å². The lowest BCUT2D eigenvalue weighted by atomic mass is 10.2. The number of carbonyl (C=O) groups excluding carboxylic acids is 2. The van der Waals surface area contributed by atoms with Gasteiger partial charge in [0.05, 0.1) is 11.6 Å². The van der Waals surface area contributed by atoms with E-state index in [2.05, 4.69) is 15.6 Å². The van der Waals surface area contributed by atoms with Crippen molar-refractivity contribution in [2.24, 2.45) is 0 Å². The third-order valence-corrected chi connectivity index (χ3v) is 3.34. The van der Waals surface area contributed by atoms with Crippen LogP contribution in [0.5, 0.6) is 0 Å². The number of amides is 2. The number of anilines is 1. The first-order valence-corrected chi connectivity index (χ1v) is 7.70. The highest BCUT2D eigenvalue weighted by molar-refractivity contribution is 6.05. The van der Waals surface area contributed by atoms with Gasteiger partial charge in [0.1, 0.15) is 5.69 Å². The van der Waals surface area contributed by atoms with Crippen molar-refractivity contribution in [1.82, 2.24) is 10.3 Å². The van der Waals surface area contributed by atoms with Crippen molar-refractivity contribution >= 4 is 17.5 Å². The fraction of sp³-hybridized carbons (Fsp3) is 0.222. The number of nitrogens with zero attached hydrogens (tertiary/aromatic N) is 2. The van der Waals surface area contributed by atoms with Crippen molar-refractivity contribution < 1.29 is 9.59 Å². The SMILES string of the molecule is CCCCNC(=O)c1cc(C(=O)Nc2ccc(C#N)cc2)ccn1. The predicted molar refractivity (Wildman–Crippen MR) is 90.6 cm³/mol. The lowest BCUT2D eigenvalue weighted by molar-refractivity contribution is 0.0948. The summed E-state index contributed by atoms with van der Waals surface area (Å²) in [6.45, 7) is 2.62. The number of nitrogens with one attached hydrogen (secondary N) is 2. The van der Waals surface area contributed by atoms with E-state index >= 15 is 0 Å². The van der Waals surface area contributed by atoms with Gasteiger partial charge in [-0.15, -0.1) is 0 Å². The third-order valence-electron chi connectivity index (χ3n) is 3.34. The third kappa shape index (κ3) is 4.65. The summed E-state index contributed by atoms with van der Waals surface area (Å²) in [7, 11) is 0. The largest absolute Gasteiger partial charge is 0.351 e. The van der Waals surface area contributed by atoms with Crippen LogP contribution in [0, 0.1) is 11.3 Å². The minimum atomic E-state index is -0.343. The summed E-state index contributed by atoms with van der Waals surface area (Å²) >= 11 is 0. The van der Waals surface area contributed by atoms with Gasteiger partial charge in [-0.2, -0.15) is 5.26 Å². The first-order valence-electron chi connectivity index (χ1n) is 7.70. The Kier molecular flexibility index (Phi) is 6.03. The molecule has 1 aromatic carbocycles. The topological polar surface area (TPSA) is 94.9 Å². The molecule has 0 atom stereocenters. The molecule has 0 aliphatic heterocycles. The first kappa shape index (κ1) is 17.2. The average molecular weight is 322 g/mol. The highest BCUT2D eigenvalue weighted by atomic mass is 16.2. The van der Waals surface area contributed by atoms with Crippen LogP contribution < -0.4 is 10.6 Å². The van der Waals surface area contributed by atoms with Crippen LogP contribution in [0.3, 0.4) is 0 Å². The molecule has 0 bridgehead atoms. The van der Waals surface area contributed by atoms with Crippen molar-refractivity contribution in [3.63, 3.8) is 0 Å². The molecule has 2 amide bonds. The zero-order chi connectivity index (χ0) is 17.4. The van der Waals surface area contributed by atoms with Crippen molar-refractivity contribution in [2.75, 3.05) is 11.9 Å². The highest BCUT2D eigenvalue weighted by Crippen LogP contribution is 2.11. The van der Waals surface area contributed by atoms with Crippen molar-refractivity contribution in [3.05, 3.63) is 59.4 Å². The van der Waals surface area contributed by atoms with Crippen LogP contribution in [-0.4, -0.2) is 23.3 Å². The molecule has 6 heteroatoms. The van der Waals surface area contributed by atoms with Gasteiger partial charge in [0.15, 0.2) is 0 Å². The van der Waals surface area contributed by atoms with Gasteiger partial charge in [-0.05, 0) is 42.8 Å². The molecule has 24 heavy (non-hydrogen) atoms. The molecule has 0 saturated carbocycles. The Morgan fingerprint density at radius 3 is 2.58 bits per heavy atom.